The first kappa shape index (κ1) is 21.7. The minimum absolute atomic E-state index is 0.00483. The first-order valence-electron chi connectivity index (χ1n) is 8.72. The number of nitrogens with one attached hydrogen (secondary N) is 2. The third-order valence-electron chi connectivity index (χ3n) is 5.04. The summed E-state index contributed by atoms with van der Waals surface area (Å²) in [5.41, 5.74) is 4.37. The normalized spacial score (nSPS) is 27.9. The van der Waals surface area contributed by atoms with E-state index in [1.54, 1.807) is 0 Å². The number of hydrazine groups is 1. The molecule has 164 valence electrons. The summed E-state index contributed by atoms with van der Waals surface area (Å²) in [5.74, 6) is -1.41. The first-order valence-corrected chi connectivity index (χ1v) is 11.9. The molecule has 0 saturated carbocycles. The van der Waals surface area contributed by atoms with E-state index in [9.17, 15) is 31.2 Å². The molecule has 2 bridgehead atoms. The number of hydroxylamine groups is 2. The van der Waals surface area contributed by atoms with E-state index in [1.807, 2.05) is 0 Å². The van der Waals surface area contributed by atoms with Crippen LogP contribution in [0, 0.1) is 0 Å². The average molecular weight is 455 g/mol. The summed E-state index contributed by atoms with van der Waals surface area (Å²) in [7, 11) is -8.47. The fourth-order valence-corrected chi connectivity index (χ4v) is 5.31. The molecule has 3 fully saturated rings. The van der Waals surface area contributed by atoms with Crippen LogP contribution in [0.1, 0.15) is 25.7 Å². The summed E-state index contributed by atoms with van der Waals surface area (Å²) in [4.78, 5) is 38.1. The Morgan fingerprint density at radius 1 is 1.07 bits per heavy atom. The highest BCUT2D eigenvalue weighted by molar-refractivity contribution is 7.88. The summed E-state index contributed by atoms with van der Waals surface area (Å²) < 4.78 is 59.3. The van der Waals surface area contributed by atoms with Crippen molar-refractivity contribution in [2.24, 2.45) is 0 Å². The number of carbonyl (C=O) groups excluding carboxylic acids is 3. The van der Waals surface area contributed by atoms with Crippen LogP contribution in [0.4, 0.5) is 4.79 Å². The van der Waals surface area contributed by atoms with Crippen LogP contribution in [0.5, 0.6) is 0 Å². The predicted molar refractivity (Wildman–Crippen MR) is 94.2 cm³/mol. The van der Waals surface area contributed by atoms with Gasteiger partial charge in [-0.15, -0.1) is 4.28 Å². The number of rotatable bonds is 5. The molecule has 3 rings (SSSR count). The summed E-state index contributed by atoms with van der Waals surface area (Å²) in [6, 6.07) is -3.49. The van der Waals surface area contributed by atoms with Crippen molar-refractivity contribution < 1.29 is 40.1 Å². The van der Waals surface area contributed by atoms with Crippen LogP contribution in [0.15, 0.2) is 0 Å². The standard InChI is InChI=1S/C13H21N5O9S2/c1-28(22,23)17-6-2-3-10(17)12(20)15-14-11(19)9-5-4-8-7-16(9)13(21)18(8)27-29(24,25)26/h8-10H,2-7H2,1H3,(H,14,19)(H,15,20)(H,24,25,26)/t8-,9-,10-/m0/s1. The molecule has 3 atom stereocenters. The Balaban J connectivity index is 1.59. The molecular formula is C13H21N5O9S2. The van der Waals surface area contributed by atoms with Gasteiger partial charge in [0.1, 0.15) is 12.1 Å². The largest absolute Gasteiger partial charge is 0.418 e. The molecule has 29 heavy (non-hydrogen) atoms. The minimum Gasteiger partial charge on any atom is -0.309 e. The van der Waals surface area contributed by atoms with E-state index in [0.29, 0.717) is 17.9 Å². The van der Waals surface area contributed by atoms with Gasteiger partial charge in [0.25, 0.3) is 11.8 Å². The lowest BCUT2D eigenvalue weighted by molar-refractivity contribution is -0.133. The van der Waals surface area contributed by atoms with Gasteiger partial charge in [-0.2, -0.15) is 17.8 Å². The smallest absolute Gasteiger partial charge is 0.309 e. The molecule has 4 amide bonds. The number of hydrogen-bond donors (Lipinski definition) is 3. The molecule has 3 aliphatic rings. The lowest BCUT2D eigenvalue weighted by Crippen LogP contribution is -2.57. The van der Waals surface area contributed by atoms with Crippen molar-refractivity contribution in [1.29, 1.82) is 0 Å². The second-order valence-electron chi connectivity index (χ2n) is 7.02. The highest BCUT2D eigenvalue weighted by atomic mass is 32.3. The zero-order valence-corrected chi connectivity index (χ0v) is 17.0. The molecule has 3 aliphatic heterocycles. The molecule has 0 aromatic rings. The number of hydrogen-bond acceptors (Lipinski definition) is 8. The van der Waals surface area contributed by atoms with Gasteiger partial charge in [0.05, 0.1) is 12.3 Å². The Morgan fingerprint density at radius 3 is 2.28 bits per heavy atom. The van der Waals surface area contributed by atoms with Gasteiger partial charge < -0.3 is 4.90 Å². The third-order valence-corrected chi connectivity index (χ3v) is 6.68. The maximum atomic E-state index is 12.4. The van der Waals surface area contributed by atoms with E-state index in [4.69, 9.17) is 4.55 Å². The van der Waals surface area contributed by atoms with E-state index >= 15 is 0 Å². The lowest BCUT2D eigenvalue weighted by atomic mass is 10.0. The topological polar surface area (TPSA) is 183 Å². The van der Waals surface area contributed by atoms with Crippen molar-refractivity contribution in [3.8, 4) is 0 Å². The summed E-state index contributed by atoms with van der Waals surface area (Å²) in [5, 5.41) is 0.504. The Labute approximate surface area is 167 Å². The van der Waals surface area contributed by atoms with Crippen LogP contribution in [0.2, 0.25) is 0 Å². The quantitative estimate of drug-likeness (QED) is 0.299. The Hall–Kier alpha value is -2.01. The highest BCUT2D eigenvalue weighted by Crippen LogP contribution is 2.30. The van der Waals surface area contributed by atoms with Gasteiger partial charge >= 0.3 is 16.4 Å². The van der Waals surface area contributed by atoms with Crippen LogP contribution in [0.3, 0.4) is 0 Å². The number of urea groups is 1. The minimum atomic E-state index is -4.90. The average Bonchev–Trinajstić information content (AvgIpc) is 3.19. The molecule has 14 nitrogen and oxygen atoms in total. The monoisotopic (exact) mass is 455 g/mol. The van der Waals surface area contributed by atoms with Crippen LogP contribution < -0.4 is 10.9 Å². The van der Waals surface area contributed by atoms with Gasteiger partial charge in [-0.05, 0) is 25.7 Å². The van der Waals surface area contributed by atoms with E-state index < -0.39 is 56.4 Å². The highest BCUT2D eigenvalue weighted by Gasteiger charge is 2.49. The van der Waals surface area contributed by atoms with Gasteiger partial charge in [-0.1, -0.05) is 0 Å². The van der Waals surface area contributed by atoms with Crippen molar-refractivity contribution in [2.45, 2.75) is 43.8 Å². The zero-order chi connectivity index (χ0) is 21.6. The molecule has 0 aliphatic carbocycles. The van der Waals surface area contributed by atoms with Gasteiger partial charge in [0, 0.05) is 13.1 Å². The predicted octanol–water partition coefficient (Wildman–Crippen LogP) is -2.44. The summed E-state index contributed by atoms with van der Waals surface area (Å²) >= 11 is 0. The summed E-state index contributed by atoms with van der Waals surface area (Å²) in [6.45, 7) is 0.214. The van der Waals surface area contributed by atoms with E-state index in [2.05, 4.69) is 15.1 Å². The summed E-state index contributed by atoms with van der Waals surface area (Å²) in [6.07, 6.45) is 2.22. The molecule has 0 radical (unpaired) electrons. The van der Waals surface area contributed by atoms with Crippen molar-refractivity contribution >= 4 is 38.3 Å². The molecule has 0 aromatic carbocycles. The van der Waals surface area contributed by atoms with Crippen molar-refractivity contribution in [3.05, 3.63) is 0 Å². The van der Waals surface area contributed by atoms with Crippen LogP contribution in [-0.4, -0.2) is 91.0 Å². The molecule has 3 heterocycles. The van der Waals surface area contributed by atoms with Crippen LogP contribution >= 0.6 is 0 Å². The number of amides is 4. The number of sulfonamides is 1. The fourth-order valence-electron chi connectivity index (χ4n) is 3.79. The Kier molecular flexibility index (Phi) is 5.74. The maximum absolute atomic E-state index is 12.4. The van der Waals surface area contributed by atoms with Crippen LogP contribution in [-0.2, 0) is 34.3 Å². The van der Waals surface area contributed by atoms with E-state index in [0.717, 1.165) is 15.5 Å². The molecule has 0 unspecified atom stereocenters. The molecule has 0 aromatic heterocycles. The molecule has 3 N–H and O–H groups in total. The van der Waals surface area contributed by atoms with Gasteiger partial charge in [0.15, 0.2) is 0 Å². The first-order chi connectivity index (χ1) is 13.4. The molecular weight excluding hydrogens is 434 g/mol. The van der Waals surface area contributed by atoms with E-state index in [1.165, 1.54) is 0 Å². The lowest BCUT2D eigenvalue weighted by Gasteiger charge is -2.29. The number of fused-ring (bicyclic) bond motifs is 2. The maximum Gasteiger partial charge on any atom is 0.418 e. The van der Waals surface area contributed by atoms with Gasteiger partial charge in [-0.3, -0.25) is 25.0 Å². The molecule has 16 heteroatoms. The fraction of sp³-hybridized carbons (Fsp3) is 0.769. The number of piperidine rings is 1. The molecule has 3 saturated heterocycles. The van der Waals surface area contributed by atoms with Crippen molar-refractivity contribution in [1.82, 2.24) is 25.1 Å². The Morgan fingerprint density at radius 2 is 1.69 bits per heavy atom. The van der Waals surface area contributed by atoms with Crippen molar-refractivity contribution in [3.63, 3.8) is 0 Å². The van der Waals surface area contributed by atoms with Gasteiger partial charge in [-0.25, -0.2) is 13.2 Å². The van der Waals surface area contributed by atoms with E-state index in [-0.39, 0.29) is 25.9 Å². The third kappa shape index (κ3) is 4.61. The number of nitrogens with zero attached hydrogens (tertiary/aromatic N) is 3. The SMILES string of the molecule is CS(=O)(=O)N1CCC[C@H]1C(=O)NNC(=O)[C@@H]1CC[C@H]2CN1C(=O)N2OS(=O)(=O)O. The number of carbonyl (C=O) groups is 3. The second-order valence-corrected chi connectivity index (χ2v) is 9.96. The zero-order valence-electron chi connectivity index (χ0n) is 15.3. The van der Waals surface area contributed by atoms with Gasteiger partial charge in [0.2, 0.25) is 10.0 Å². The van der Waals surface area contributed by atoms with Crippen molar-refractivity contribution in [2.75, 3.05) is 19.3 Å². The second kappa shape index (κ2) is 7.67. The van der Waals surface area contributed by atoms with Crippen LogP contribution in [0.25, 0.3) is 0 Å². The Bertz CT molecular complexity index is 921. The molecule has 0 spiro atoms.